The number of aldehydes is 1. The fourth-order valence-corrected chi connectivity index (χ4v) is 3.10. The Kier molecular flexibility index (Phi) is 5.45. The van der Waals surface area contributed by atoms with E-state index < -0.39 is 0 Å². The highest BCUT2D eigenvalue weighted by molar-refractivity contribution is 8.00. The Balaban J connectivity index is 1.86. The minimum Gasteiger partial charge on any atom is -0.342 e. The lowest BCUT2D eigenvalue weighted by Gasteiger charge is -2.19. The molecule has 1 amide bonds. The molecule has 0 radical (unpaired) electrons. The molecule has 0 atom stereocenters. The van der Waals surface area contributed by atoms with E-state index in [-0.39, 0.29) is 5.91 Å². The van der Waals surface area contributed by atoms with E-state index in [9.17, 15) is 9.59 Å². The van der Waals surface area contributed by atoms with Crippen molar-refractivity contribution in [3.8, 4) is 0 Å². The normalized spacial score (nSPS) is 15.9. The third-order valence-electron chi connectivity index (χ3n) is 3.32. The highest BCUT2D eigenvalue weighted by atomic mass is 32.2. The van der Waals surface area contributed by atoms with Crippen LogP contribution in [0.25, 0.3) is 0 Å². The summed E-state index contributed by atoms with van der Waals surface area (Å²) in [6.07, 6.45) is 5.55. The Morgan fingerprint density at radius 1 is 1.21 bits per heavy atom. The monoisotopic (exact) mass is 277 g/mol. The summed E-state index contributed by atoms with van der Waals surface area (Å²) in [4.78, 5) is 25.8. The van der Waals surface area contributed by atoms with Gasteiger partial charge in [0.15, 0.2) is 0 Å². The first-order valence-electron chi connectivity index (χ1n) is 6.75. The first kappa shape index (κ1) is 14.1. The van der Waals surface area contributed by atoms with Gasteiger partial charge in [-0.3, -0.25) is 9.59 Å². The number of amides is 1. The molecule has 0 aliphatic carbocycles. The molecule has 1 aromatic rings. The van der Waals surface area contributed by atoms with Crippen LogP contribution >= 0.6 is 11.8 Å². The van der Waals surface area contributed by atoms with Gasteiger partial charge in [-0.15, -0.1) is 11.8 Å². The predicted octanol–water partition coefficient (Wildman–Crippen LogP) is 2.99. The summed E-state index contributed by atoms with van der Waals surface area (Å²) in [5, 5.41) is 0. The molecule has 0 N–H and O–H groups in total. The number of nitrogens with zero attached hydrogens (tertiary/aromatic N) is 1. The van der Waals surface area contributed by atoms with Crippen molar-refractivity contribution in [2.75, 3.05) is 18.8 Å². The zero-order valence-corrected chi connectivity index (χ0v) is 11.8. The van der Waals surface area contributed by atoms with Crippen LogP contribution in [-0.2, 0) is 4.79 Å². The van der Waals surface area contributed by atoms with Gasteiger partial charge in [0, 0.05) is 23.5 Å². The molecule has 0 bridgehead atoms. The summed E-state index contributed by atoms with van der Waals surface area (Å²) in [6, 6.07) is 7.39. The van der Waals surface area contributed by atoms with Crippen molar-refractivity contribution in [1.29, 1.82) is 0 Å². The Hall–Kier alpha value is -1.29. The molecule has 0 aromatic heterocycles. The number of carbonyl (C=O) groups excluding carboxylic acids is 2. The lowest BCUT2D eigenvalue weighted by molar-refractivity contribution is -0.128. The van der Waals surface area contributed by atoms with Gasteiger partial charge in [-0.2, -0.15) is 0 Å². The Morgan fingerprint density at radius 2 is 1.95 bits per heavy atom. The molecule has 0 unspecified atom stereocenters. The van der Waals surface area contributed by atoms with Crippen LogP contribution in [0.3, 0.4) is 0 Å². The lowest BCUT2D eigenvalue weighted by Crippen LogP contribution is -2.33. The van der Waals surface area contributed by atoms with Gasteiger partial charge in [0.2, 0.25) is 5.91 Å². The van der Waals surface area contributed by atoms with Crippen molar-refractivity contribution in [3.63, 3.8) is 0 Å². The van der Waals surface area contributed by atoms with E-state index in [1.54, 1.807) is 6.07 Å². The summed E-state index contributed by atoms with van der Waals surface area (Å²) >= 11 is 1.51. The number of rotatable bonds is 4. The van der Waals surface area contributed by atoms with Crippen LogP contribution < -0.4 is 0 Å². The topological polar surface area (TPSA) is 37.4 Å². The van der Waals surface area contributed by atoms with Crippen LogP contribution in [0, 0.1) is 0 Å². The van der Waals surface area contributed by atoms with Crippen molar-refractivity contribution in [1.82, 2.24) is 4.90 Å². The molecule has 2 rings (SSSR count). The van der Waals surface area contributed by atoms with E-state index in [1.165, 1.54) is 24.6 Å². The molecule has 19 heavy (non-hydrogen) atoms. The molecule has 1 saturated heterocycles. The van der Waals surface area contributed by atoms with Gasteiger partial charge in [0.05, 0.1) is 5.75 Å². The number of hydrogen-bond acceptors (Lipinski definition) is 3. The van der Waals surface area contributed by atoms with E-state index in [0.29, 0.717) is 11.3 Å². The second kappa shape index (κ2) is 7.34. The number of thioether (sulfide) groups is 1. The van der Waals surface area contributed by atoms with Crippen molar-refractivity contribution in [2.45, 2.75) is 30.6 Å². The van der Waals surface area contributed by atoms with Crippen LogP contribution in [-0.4, -0.2) is 35.9 Å². The molecule has 1 aromatic carbocycles. The molecule has 102 valence electrons. The van der Waals surface area contributed by atoms with Gasteiger partial charge in [-0.25, -0.2) is 0 Å². The van der Waals surface area contributed by atoms with Crippen molar-refractivity contribution in [3.05, 3.63) is 29.8 Å². The zero-order valence-electron chi connectivity index (χ0n) is 11.0. The predicted molar refractivity (Wildman–Crippen MR) is 77.6 cm³/mol. The number of hydrogen-bond donors (Lipinski definition) is 0. The number of likely N-dealkylation sites (tertiary alicyclic amines) is 1. The van der Waals surface area contributed by atoms with E-state index in [4.69, 9.17) is 0 Å². The lowest BCUT2D eigenvalue weighted by atomic mass is 10.2. The third kappa shape index (κ3) is 4.39. The van der Waals surface area contributed by atoms with Crippen LogP contribution in [0.4, 0.5) is 0 Å². The highest BCUT2D eigenvalue weighted by Crippen LogP contribution is 2.20. The van der Waals surface area contributed by atoms with Gasteiger partial charge in [-0.05, 0) is 25.0 Å². The van der Waals surface area contributed by atoms with E-state index in [0.717, 1.165) is 37.1 Å². The fourth-order valence-electron chi connectivity index (χ4n) is 2.23. The van der Waals surface area contributed by atoms with Gasteiger partial charge >= 0.3 is 0 Å². The van der Waals surface area contributed by atoms with Crippen LogP contribution in [0.1, 0.15) is 36.0 Å². The standard InChI is InChI=1S/C15H19NO2S/c17-11-13-6-5-7-14(10-13)19-12-15(18)16-8-3-1-2-4-9-16/h5-7,10-11H,1-4,8-9,12H2. The molecule has 1 heterocycles. The van der Waals surface area contributed by atoms with Gasteiger partial charge in [-0.1, -0.05) is 25.0 Å². The van der Waals surface area contributed by atoms with Crippen molar-refractivity contribution >= 4 is 24.0 Å². The summed E-state index contributed by atoms with van der Waals surface area (Å²) in [5.41, 5.74) is 0.659. The average molecular weight is 277 g/mol. The summed E-state index contributed by atoms with van der Waals surface area (Å²) in [5.74, 6) is 0.672. The molecule has 0 saturated carbocycles. The third-order valence-corrected chi connectivity index (χ3v) is 4.29. The summed E-state index contributed by atoms with van der Waals surface area (Å²) in [7, 11) is 0. The summed E-state index contributed by atoms with van der Waals surface area (Å²) < 4.78 is 0. The first-order chi connectivity index (χ1) is 9.29. The SMILES string of the molecule is O=Cc1cccc(SCC(=O)N2CCCCCC2)c1. The molecule has 3 nitrogen and oxygen atoms in total. The van der Waals surface area contributed by atoms with Crippen LogP contribution in [0.2, 0.25) is 0 Å². The molecule has 1 fully saturated rings. The largest absolute Gasteiger partial charge is 0.342 e. The zero-order chi connectivity index (χ0) is 13.5. The maximum atomic E-state index is 12.1. The molecule has 4 heteroatoms. The smallest absolute Gasteiger partial charge is 0.232 e. The Morgan fingerprint density at radius 3 is 2.63 bits per heavy atom. The number of carbonyl (C=O) groups is 2. The highest BCUT2D eigenvalue weighted by Gasteiger charge is 2.15. The minimum atomic E-state index is 0.211. The van der Waals surface area contributed by atoms with E-state index >= 15 is 0 Å². The molecular formula is C15H19NO2S. The Labute approximate surface area is 118 Å². The molecular weight excluding hydrogens is 258 g/mol. The van der Waals surface area contributed by atoms with E-state index in [1.807, 2.05) is 23.1 Å². The maximum Gasteiger partial charge on any atom is 0.232 e. The van der Waals surface area contributed by atoms with Crippen LogP contribution in [0.15, 0.2) is 29.2 Å². The fraction of sp³-hybridized carbons (Fsp3) is 0.467. The van der Waals surface area contributed by atoms with Crippen molar-refractivity contribution in [2.24, 2.45) is 0 Å². The van der Waals surface area contributed by atoms with Gasteiger partial charge < -0.3 is 4.90 Å². The maximum absolute atomic E-state index is 12.1. The minimum absolute atomic E-state index is 0.211. The second-order valence-corrected chi connectivity index (χ2v) is 5.82. The quantitative estimate of drug-likeness (QED) is 0.627. The molecule has 1 aliphatic rings. The van der Waals surface area contributed by atoms with E-state index in [2.05, 4.69) is 0 Å². The van der Waals surface area contributed by atoms with Gasteiger partial charge in [0.1, 0.15) is 6.29 Å². The second-order valence-electron chi connectivity index (χ2n) is 4.77. The summed E-state index contributed by atoms with van der Waals surface area (Å²) in [6.45, 7) is 1.79. The number of benzene rings is 1. The van der Waals surface area contributed by atoms with Crippen LogP contribution in [0.5, 0.6) is 0 Å². The first-order valence-corrected chi connectivity index (χ1v) is 7.74. The van der Waals surface area contributed by atoms with Gasteiger partial charge in [0.25, 0.3) is 0 Å². The molecule has 1 aliphatic heterocycles. The van der Waals surface area contributed by atoms with Crippen molar-refractivity contribution < 1.29 is 9.59 Å². The Bertz CT molecular complexity index is 440. The average Bonchev–Trinajstić information content (AvgIpc) is 2.74. The molecule has 0 spiro atoms.